The Labute approximate surface area is 97.3 Å². The molecule has 0 aliphatic rings. The van der Waals surface area contributed by atoms with E-state index in [0.29, 0.717) is 6.42 Å². The number of amides is 1. The van der Waals surface area contributed by atoms with Crippen LogP contribution in [0.25, 0.3) is 0 Å². The van der Waals surface area contributed by atoms with Crippen molar-refractivity contribution in [3.63, 3.8) is 0 Å². The van der Waals surface area contributed by atoms with E-state index in [0.717, 1.165) is 0 Å². The Hall–Kier alpha value is -1.32. The maximum atomic E-state index is 11.7. The van der Waals surface area contributed by atoms with E-state index < -0.39 is 17.7 Å². The van der Waals surface area contributed by atoms with E-state index in [-0.39, 0.29) is 5.78 Å². The van der Waals surface area contributed by atoms with Gasteiger partial charge >= 0.3 is 6.09 Å². The van der Waals surface area contributed by atoms with Crippen LogP contribution < -0.4 is 0 Å². The van der Waals surface area contributed by atoms with Crippen LogP contribution in [-0.2, 0) is 9.53 Å². The summed E-state index contributed by atoms with van der Waals surface area (Å²) in [4.78, 5) is 24.5. The van der Waals surface area contributed by atoms with Crippen molar-refractivity contribution in [1.29, 1.82) is 0 Å². The number of likely N-dealkylation sites (N-methyl/N-ethyl adjacent to an activating group) is 1. The van der Waals surface area contributed by atoms with E-state index in [1.54, 1.807) is 27.8 Å². The van der Waals surface area contributed by atoms with Crippen molar-refractivity contribution in [2.75, 3.05) is 7.05 Å². The van der Waals surface area contributed by atoms with Gasteiger partial charge in [0.2, 0.25) is 0 Å². The topological polar surface area (TPSA) is 46.6 Å². The molecule has 1 unspecified atom stereocenters. The molecule has 1 amide bonds. The second kappa shape index (κ2) is 5.68. The van der Waals surface area contributed by atoms with Gasteiger partial charge in [0.05, 0.1) is 6.04 Å². The van der Waals surface area contributed by atoms with E-state index in [2.05, 4.69) is 6.58 Å². The van der Waals surface area contributed by atoms with E-state index in [1.165, 1.54) is 11.0 Å². The summed E-state index contributed by atoms with van der Waals surface area (Å²) in [6.07, 6.45) is 1.28. The fourth-order valence-electron chi connectivity index (χ4n) is 1.26. The number of nitrogens with zero attached hydrogens (tertiary/aromatic N) is 1. The molecule has 0 heterocycles. The highest BCUT2D eigenvalue weighted by Gasteiger charge is 2.27. The summed E-state index contributed by atoms with van der Waals surface area (Å²) >= 11 is 0. The third-order valence-corrected chi connectivity index (χ3v) is 2.07. The third kappa shape index (κ3) is 4.47. The summed E-state index contributed by atoms with van der Waals surface area (Å²) in [5.41, 5.74) is -0.555. The number of rotatable bonds is 4. The number of ketones is 1. The minimum absolute atomic E-state index is 0.171. The minimum atomic E-state index is -0.555. The van der Waals surface area contributed by atoms with Crippen LogP contribution in [0.2, 0.25) is 0 Å². The van der Waals surface area contributed by atoms with Crippen molar-refractivity contribution in [2.45, 2.75) is 45.8 Å². The van der Waals surface area contributed by atoms with Gasteiger partial charge in [-0.2, -0.15) is 0 Å². The summed E-state index contributed by atoms with van der Waals surface area (Å²) in [5.74, 6) is -0.171. The fraction of sp³-hybridized carbons (Fsp3) is 0.667. The van der Waals surface area contributed by atoms with Gasteiger partial charge in [0.15, 0.2) is 5.78 Å². The third-order valence-electron chi connectivity index (χ3n) is 2.07. The zero-order valence-electron chi connectivity index (χ0n) is 10.7. The SMILES string of the molecule is C=CC(=O)C(CC)N(C)C(=O)OC(C)(C)C. The molecule has 0 aromatic rings. The van der Waals surface area contributed by atoms with Crippen LogP contribution in [0.4, 0.5) is 4.79 Å². The molecule has 16 heavy (non-hydrogen) atoms. The molecule has 0 radical (unpaired) electrons. The lowest BCUT2D eigenvalue weighted by atomic mass is 10.1. The molecule has 0 N–H and O–H groups in total. The van der Waals surface area contributed by atoms with Crippen molar-refractivity contribution in [1.82, 2.24) is 4.90 Å². The Bertz CT molecular complexity index is 278. The average molecular weight is 227 g/mol. The summed E-state index contributed by atoms with van der Waals surface area (Å²) in [6.45, 7) is 10.6. The number of hydrogen-bond donors (Lipinski definition) is 0. The van der Waals surface area contributed by atoms with E-state index in [9.17, 15) is 9.59 Å². The molecule has 0 bridgehead atoms. The molecular weight excluding hydrogens is 206 g/mol. The molecule has 0 aromatic heterocycles. The van der Waals surface area contributed by atoms with Crippen molar-refractivity contribution >= 4 is 11.9 Å². The first-order valence-electron chi connectivity index (χ1n) is 5.35. The zero-order chi connectivity index (χ0) is 12.9. The summed E-state index contributed by atoms with van der Waals surface area (Å²) in [5, 5.41) is 0. The largest absolute Gasteiger partial charge is 0.444 e. The maximum Gasteiger partial charge on any atom is 0.410 e. The molecule has 4 nitrogen and oxygen atoms in total. The molecule has 0 saturated heterocycles. The van der Waals surface area contributed by atoms with Crippen molar-refractivity contribution in [2.24, 2.45) is 0 Å². The molecule has 1 atom stereocenters. The van der Waals surface area contributed by atoms with Crippen molar-refractivity contribution in [3.05, 3.63) is 12.7 Å². The van der Waals surface area contributed by atoms with E-state index in [4.69, 9.17) is 4.74 Å². The van der Waals surface area contributed by atoms with Crippen molar-refractivity contribution < 1.29 is 14.3 Å². The zero-order valence-corrected chi connectivity index (χ0v) is 10.7. The highest BCUT2D eigenvalue weighted by Crippen LogP contribution is 2.12. The lowest BCUT2D eigenvalue weighted by Gasteiger charge is -2.28. The van der Waals surface area contributed by atoms with Gasteiger partial charge in [-0.1, -0.05) is 13.5 Å². The lowest BCUT2D eigenvalue weighted by Crippen LogP contribution is -2.44. The smallest absolute Gasteiger partial charge is 0.410 e. The highest BCUT2D eigenvalue weighted by molar-refractivity contribution is 5.95. The normalized spacial score (nSPS) is 12.8. The van der Waals surface area contributed by atoms with E-state index >= 15 is 0 Å². The van der Waals surface area contributed by atoms with Crippen LogP contribution in [0.3, 0.4) is 0 Å². The molecule has 0 aromatic carbocycles. The van der Waals surface area contributed by atoms with Crippen LogP contribution in [0.5, 0.6) is 0 Å². The molecule has 92 valence electrons. The molecule has 0 rings (SSSR count). The predicted octanol–water partition coefficient (Wildman–Crippen LogP) is 2.39. The summed E-state index contributed by atoms with van der Waals surface area (Å²) in [6, 6.07) is -0.493. The molecule has 0 fully saturated rings. The van der Waals surface area contributed by atoms with Crippen LogP contribution >= 0.6 is 0 Å². The van der Waals surface area contributed by atoms with Crippen molar-refractivity contribution in [3.8, 4) is 0 Å². The Morgan fingerprint density at radius 2 is 1.94 bits per heavy atom. The first-order valence-corrected chi connectivity index (χ1v) is 5.35. The molecule has 0 spiro atoms. The maximum absolute atomic E-state index is 11.7. The van der Waals surface area contributed by atoms with Crippen LogP contribution in [-0.4, -0.2) is 35.5 Å². The first kappa shape index (κ1) is 14.7. The van der Waals surface area contributed by atoms with Gasteiger partial charge in [-0.05, 0) is 33.3 Å². The Kier molecular flexibility index (Phi) is 5.21. The average Bonchev–Trinajstić information content (AvgIpc) is 2.15. The van der Waals surface area contributed by atoms with Gasteiger partial charge in [0.1, 0.15) is 5.60 Å². The van der Waals surface area contributed by atoms with Gasteiger partial charge in [0.25, 0.3) is 0 Å². The van der Waals surface area contributed by atoms with Gasteiger partial charge in [0, 0.05) is 7.05 Å². The van der Waals surface area contributed by atoms with Crippen LogP contribution in [0.15, 0.2) is 12.7 Å². The Morgan fingerprint density at radius 3 is 2.25 bits per heavy atom. The lowest BCUT2D eigenvalue weighted by molar-refractivity contribution is -0.119. The number of carbonyl (C=O) groups excluding carboxylic acids is 2. The van der Waals surface area contributed by atoms with Gasteiger partial charge in [-0.3, -0.25) is 4.79 Å². The summed E-state index contributed by atoms with van der Waals surface area (Å²) in [7, 11) is 1.56. The fourth-order valence-corrected chi connectivity index (χ4v) is 1.26. The number of hydrogen-bond acceptors (Lipinski definition) is 3. The second-order valence-corrected chi connectivity index (χ2v) is 4.62. The van der Waals surface area contributed by atoms with Gasteiger partial charge in [-0.15, -0.1) is 0 Å². The van der Waals surface area contributed by atoms with Crippen LogP contribution in [0, 0.1) is 0 Å². The second-order valence-electron chi connectivity index (χ2n) is 4.62. The number of ether oxygens (including phenoxy) is 1. The monoisotopic (exact) mass is 227 g/mol. The first-order chi connectivity index (χ1) is 7.22. The molecule has 0 saturated carbocycles. The predicted molar refractivity (Wildman–Crippen MR) is 63.3 cm³/mol. The van der Waals surface area contributed by atoms with Gasteiger partial charge in [-0.25, -0.2) is 4.79 Å². The minimum Gasteiger partial charge on any atom is -0.444 e. The van der Waals surface area contributed by atoms with Gasteiger partial charge < -0.3 is 9.64 Å². The molecule has 0 aliphatic heterocycles. The standard InChI is InChI=1S/C12H21NO3/c1-7-9(10(14)8-2)13(6)11(15)16-12(3,4)5/h8-9H,2,7H2,1,3-6H3. The molecule has 4 heteroatoms. The quantitative estimate of drug-likeness (QED) is 0.693. The summed E-state index contributed by atoms with van der Waals surface area (Å²) < 4.78 is 5.18. The highest BCUT2D eigenvalue weighted by atomic mass is 16.6. The molecular formula is C12H21NO3. The molecule has 0 aliphatic carbocycles. The Balaban J connectivity index is 4.63. The number of carbonyl (C=O) groups is 2. The Morgan fingerprint density at radius 1 is 1.44 bits per heavy atom. The van der Waals surface area contributed by atoms with E-state index in [1.807, 2.05) is 6.92 Å². The van der Waals surface area contributed by atoms with Crippen LogP contribution in [0.1, 0.15) is 34.1 Å².